The van der Waals surface area contributed by atoms with Crippen molar-refractivity contribution in [1.29, 1.82) is 0 Å². The first-order valence-corrected chi connectivity index (χ1v) is 9.55. The third kappa shape index (κ3) is 4.96. The molecule has 0 aliphatic carbocycles. The molecule has 29 heavy (non-hydrogen) atoms. The van der Waals surface area contributed by atoms with E-state index in [0.29, 0.717) is 30.2 Å². The van der Waals surface area contributed by atoms with Gasteiger partial charge in [0, 0.05) is 31.8 Å². The number of rotatable bonds is 8. The number of hydrogen-bond acceptors (Lipinski definition) is 6. The first-order chi connectivity index (χ1) is 14.0. The number of nitrogens with zero attached hydrogens (tertiary/aromatic N) is 3. The predicted octanol–water partition coefficient (Wildman–Crippen LogP) is 3.35. The van der Waals surface area contributed by atoms with Gasteiger partial charge in [0.2, 0.25) is 0 Å². The van der Waals surface area contributed by atoms with Gasteiger partial charge in [0.1, 0.15) is 23.8 Å². The zero-order valence-corrected chi connectivity index (χ0v) is 16.7. The van der Waals surface area contributed by atoms with E-state index in [1.807, 2.05) is 4.90 Å². The lowest BCUT2D eigenvalue weighted by atomic mass is 10.1. The van der Waals surface area contributed by atoms with Gasteiger partial charge in [0.05, 0.1) is 18.6 Å². The number of anilines is 1. The number of methoxy groups -OCH3 is 1. The number of nitro groups is 1. The number of benzene rings is 2. The van der Waals surface area contributed by atoms with Crippen LogP contribution in [0.25, 0.3) is 0 Å². The molecule has 0 bridgehead atoms. The Balaban J connectivity index is 1.62. The maximum Gasteiger partial charge on any atom is 0.293 e. The summed E-state index contributed by atoms with van der Waals surface area (Å²) in [6.45, 7) is 2.27. The van der Waals surface area contributed by atoms with Crippen LogP contribution in [0.4, 0.5) is 11.4 Å². The van der Waals surface area contributed by atoms with Crippen LogP contribution in [0.5, 0.6) is 11.5 Å². The van der Waals surface area contributed by atoms with Crippen LogP contribution in [0.3, 0.4) is 0 Å². The molecule has 1 aliphatic rings. The summed E-state index contributed by atoms with van der Waals surface area (Å²) < 4.78 is 10.7. The van der Waals surface area contributed by atoms with E-state index in [2.05, 4.69) is 0 Å². The lowest BCUT2D eigenvalue weighted by Gasteiger charge is -2.20. The molecule has 1 saturated heterocycles. The van der Waals surface area contributed by atoms with E-state index >= 15 is 0 Å². The minimum Gasteiger partial charge on any atom is -0.497 e. The van der Waals surface area contributed by atoms with Crippen molar-refractivity contribution < 1.29 is 19.2 Å². The first-order valence-electron chi connectivity index (χ1n) is 9.55. The molecule has 0 N–H and O–H groups in total. The minimum atomic E-state index is -0.419. The lowest BCUT2D eigenvalue weighted by Crippen LogP contribution is -2.31. The Hall–Kier alpha value is -3.29. The topological polar surface area (TPSA) is 85.2 Å². The first kappa shape index (κ1) is 20.4. The normalized spacial score (nSPS) is 13.2. The van der Waals surface area contributed by atoms with Crippen LogP contribution < -0.4 is 14.4 Å². The average molecular weight is 399 g/mol. The van der Waals surface area contributed by atoms with Gasteiger partial charge in [-0.1, -0.05) is 0 Å². The summed E-state index contributed by atoms with van der Waals surface area (Å²) in [6.07, 6.45) is 2.05. The highest BCUT2D eigenvalue weighted by atomic mass is 16.6. The van der Waals surface area contributed by atoms with Gasteiger partial charge in [-0.15, -0.1) is 0 Å². The second-order valence-corrected chi connectivity index (χ2v) is 6.91. The van der Waals surface area contributed by atoms with Gasteiger partial charge in [-0.2, -0.15) is 0 Å². The van der Waals surface area contributed by atoms with E-state index in [0.717, 1.165) is 31.7 Å². The number of ether oxygens (including phenoxy) is 2. The molecule has 1 fully saturated rings. The Morgan fingerprint density at radius 1 is 1.14 bits per heavy atom. The summed E-state index contributed by atoms with van der Waals surface area (Å²) in [4.78, 5) is 27.3. The number of amides is 1. The molecule has 1 amide bonds. The van der Waals surface area contributed by atoms with Gasteiger partial charge < -0.3 is 19.3 Å². The fourth-order valence-corrected chi connectivity index (χ4v) is 3.32. The van der Waals surface area contributed by atoms with Crippen molar-refractivity contribution in [3.63, 3.8) is 0 Å². The quantitative estimate of drug-likeness (QED) is 0.500. The molecule has 0 spiro atoms. The summed E-state index contributed by atoms with van der Waals surface area (Å²) in [7, 11) is 3.25. The Kier molecular flexibility index (Phi) is 6.54. The van der Waals surface area contributed by atoms with Gasteiger partial charge in [-0.25, -0.2) is 0 Å². The molecule has 154 valence electrons. The monoisotopic (exact) mass is 399 g/mol. The second-order valence-electron chi connectivity index (χ2n) is 6.91. The van der Waals surface area contributed by atoms with Crippen LogP contribution in [0, 0.1) is 10.1 Å². The molecule has 0 radical (unpaired) electrons. The van der Waals surface area contributed by atoms with Crippen LogP contribution >= 0.6 is 0 Å². The van der Waals surface area contributed by atoms with E-state index < -0.39 is 4.92 Å². The lowest BCUT2D eigenvalue weighted by molar-refractivity contribution is -0.384. The molecule has 0 unspecified atom stereocenters. The molecule has 8 heteroatoms. The number of nitro benzene ring substituents is 1. The van der Waals surface area contributed by atoms with Gasteiger partial charge in [0.15, 0.2) is 0 Å². The fraction of sp³-hybridized carbons (Fsp3) is 0.381. The molecule has 1 aliphatic heterocycles. The molecule has 0 atom stereocenters. The van der Waals surface area contributed by atoms with E-state index in [9.17, 15) is 14.9 Å². The van der Waals surface area contributed by atoms with Crippen molar-refractivity contribution in [3.8, 4) is 11.5 Å². The molecule has 1 heterocycles. The van der Waals surface area contributed by atoms with E-state index in [1.165, 1.54) is 11.0 Å². The number of likely N-dealkylation sites (N-methyl/N-ethyl adjacent to an activating group) is 1. The van der Waals surface area contributed by atoms with Crippen LogP contribution in [-0.2, 0) is 0 Å². The Morgan fingerprint density at radius 2 is 1.79 bits per heavy atom. The third-order valence-corrected chi connectivity index (χ3v) is 4.97. The Bertz CT molecular complexity index is 863. The smallest absolute Gasteiger partial charge is 0.293 e. The van der Waals surface area contributed by atoms with E-state index in [1.54, 1.807) is 50.6 Å². The van der Waals surface area contributed by atoms with Gasteiger partial charge >= 0.3 is 0 Å². The van der Waals surface area contributed by atoms with Gasteiger partial charge in [-0.05, 0) is 49.2 Å². The van der Waals surface area contributed by atoms with E-state index in [-0.39, 0.29) is 11.6 Å². The number of carbonyl (C=O) groups is 1. The summed E-state index contributed by atoms with van der Waals surface area (Å²) >= 11 is 0. The molecule has 0 saturated carbocycles. The molecular formula is C21H25N3O5. The Morgan fingerprint density at radius 3 is 2.41 bits per heavy atom. The maximum atomic E-state index is 12.7. The highest BCUT2D eigenvalue weighted by Gasteiger charge is 2.24. The molecule has 8 nitrogen and oxygen atoms in total. The molecular weight excluding hydrogens is 374 g/mol. The van der Waals surface area contributed by atoms with Gasteiger partial charge in [-0.3, -0.25) is 14.9 Å². The number of hydrogen-bond donors (Lipinski definition) is 0. The minimum absolute atomic E-state index is 0.0272. The van der Waals surface area contributed by atoms with Crippen LogP contribution in [0.15, 0.2) is 42.5 Å². The van der Waals surface area contributed by atoms with Crippen molar-refractivity contribution in [2.75, 3.05) is 45.3 Å². The predicted molar refractivity (Wildman–Crippen MR) is 110 cm³/mol. The molecule has 0 aromatic heterocycles. The standard InChI is InChI=1S/C21H25N3O5/c1-22(13-14-29-18-8-6-17(28-2)7-9-18)21(25)16-5-10-19(20(15-16)24(26)27)23-11-3-4-12-23/h5-10,15H,3-4,11-14H2,1-2H3. The van der Waals surface area contributed by atoms with Crippen LogP contribution in [-0.4, -0.2) is 56.1 Å². The van der Waals surface area contributed by atoms with Crippen molar-refractivity contribution >= 4 is 17.3 Å². The molecule has 2 aromatic carbocycles. The average Bonchev–Trinajstić information content (AvgIpc) is 3.28. The highest BCUT2D eigenvalue weighted by Crippen LogP contribution is 2.32. The van der Waals surface area contributed by atoms with Crippen molar-refractivity contribution in [3.05, 3.63) is 58.1 Å². The van der Waals surface area contributed by atoms with E-state index in [4.69, 9.17) is 9.47 Å². The largest absolute Gasteiger partial charge is 0.497 e. The molecule has 3 rings (SSSR count). The summed E-state index contributed by atoms with van der Waals surface area (Å²) in [6, 6.07) is 11.9. The van der Waals surface area contributed by atoms with Gasteiger partial charge in [0.25, 0.3) is 11.6 Å². The zero-order chi connectivity index (χ0) is 20.8. The Labute approximate surface area is 169 Å². The fourth-order valence-electron chi connectivity index (χ4n) is 3.32. The zero-order valence-electron chi connectivity index (χ0n) is 16.7. The van der Waals surface area contributed by atoms with Crippen LogP contribution in [0.1, 0.15) is 23.2 Å². The summed E-state index contributed by atoms with van der Waals surface area (Å²) in [5.41, 5.74) is 0.849. The van der Waals surface area contributed by atoms with Crippen molar-refractivity contribution in [2.24, 2.45) is 0 Å². The third-order valence-electron chi connectivity index (χ3n) is 4.97. The highest BCUT2D eigenvalue weighted by molar-refractivity contribution is 5.95. The van der Waals surface area contributed by atoms with Crippen molar-refractivity contribution in [2.45, 2.75) is 12.8 Å². The second kappa shape index (κ2) is 9.27. The molecule has 2 aromatic rings. The maximum absolute atomic E-state index is 12.7. The SMILES string of the molecule is COc1ccc(OCCN(C)C(=O)c2ccc(N3CCCC3)c([N+](=O)[O-])c2)cc1. The summed E-state index contributed by atoms with van der Waals surface area (Å²) in [5, 5.41) is 11.5. The van der Waals surface area contributed by atoms with Crippen molar-refractivity contribution in [1.82, 2.24) is 4.90 Å². The number of carbonyl (C=O) groups excluding carboxylic acids is 1. The van der Waals surface area contributed by atoms with Crippen LogP contribution in [0.2, 0.25) is 0 Å². The summed E-state index contributed by atoms with van der Waals surface area (Å²) in [5.74, 6) is 1.14.